The van der Waals surface area contributed by atoms with Crippen molar-refractivity contribution in [2.24, 2.45) is 0 Å². The number of amides is 1. The first kappa shape index (κ1) is 18.3. The molecule has 3 aromatic heterocycles. The van der Waals surface area contributed by atoms with E-state index in [9.17, 15) is 4.79 Å². The SMILES string of the molecule is O=C(CCc1cccnc1)N1CCC(c2nccn2Cc2ccccn2)CC1. The Balaban J connectivity index is 1.31. The van der Waals surface area contributed by atoms with Crippen molar-refractivity contribution in [1.82, 2.24) is 24.4 Å². The number of hydrogen-bond donors (Lipinski definition) is 0. The van der Waals surface area contributed by atoms with Gasteiger partial charge in [0.15, 0.2) is 0 Å². The van der Waals surface area contributed by atoms with E-state index in [1.807, 2.05) is 60.0 Å². The van der Waals surface area contributed by atoms with Gasteiger partial charge in [0.05, 0.1) is 12.2 Å². The van der Waals surface area contributed by atoms with Gasteiger partial charge in [-0.3, -0.25) is 14.8 Å². The van der Waals surface area contributed by atoms with Crippen LogP contribution in [0.3, 0.4) is 0 Å². The summed E-state index contributed by atoms with van der Waals surface area (Å²) in [5, 5.41) is 0. The van der Waals surface area contributed by atoms with Crippen LogP contribution in [0.25, 0.3) is 0 Å². The lowest BCUT2D eigenvalue weighted by Crippen LogP contribution is -2.38. The molecule has 0 bridgehead atoms. The molecule has 28 heavy (non-hydrogen) atoms. The first-order valence-electron chi connectivity index (χ1n) is 9.87. The van der Waals surface area contributed by atoms with E-state index < -0.39 is 0 Å². The Kier molecular flexibility index (Phi) is 5.75. The molecule has 0 N–H and O–H groups in total. The number of aryl methyl sites for hydroxylation is 1. The van der Waals surface area contributed by atoms with Crippen LogP contribution in [0.1, 0.15) is 42.3 Å². The lowest BCUT2D eigenvalue weighted by atomic mass is 9.95. The number of likely N-dealkylation sites (tertiary alicyclic amines) is 1. The third-order valence-electron chi connectivity index (χ3n) is 5.37. The fraction of sp³-hybridized carbons (Fsp3) is 0.364. The van der Waals surface area contributed by atoms with E-state index >= 15 is 0 Å². The summed E-state index contributed by atoms with van der Waals surface area (Å²) in [6, 6.07) is 9.91. The van der Waals surface area contributed by atoms with Crippen molar-refractivity contribution in [3.8, 4) is 0 Å². The van der Waals surface area contributed by atoms with Crippen LogP contribution in [0.2, 0.25) is 0 Å². The highest BCUT2D eigenvalue weighted by Crippen LogP contribution is 2.27. The molecule has 6 heteroatoms. The maximum Gasteiger partial charge on any atom is 0.222 e. The summed E-state index contributed by atoms with van der Waals surface area (Å²) in [6.07, 6.45) is 12.5. The Morgan fingerprint density at radius 3 is 2.68 bits per heavy atom. The quantitative estimate of drug-likeness (QED) is 0.664. The predicted octanol–water partition coefficient (Wildman–Crippen LogP) is 3.06. The molecule has 144 valence electrons. The molecule has 0 radical (unpaired) electrons. The molecule has 1 amide bonds. The first-order valence-corrected chi connectivity index (χ1v) is 9.87. The second-order valence-corrected chi connectivity index (χ2v) is 7.25. The number of piperidine rings is 1. The molecule has 0 aromatic carbocycles. The second-order valence-electron chi connectivity index (χ2n) is 7.25. The molecule has 1 aliphatic heterocycles. The van der Waals surface area contributed by atoms with E-state index in [-0.39, 0.29) is 5.91 Å². The van der Waals surface area contributed by atoms with Gasteiger partial charge in [-0.1, -0.05) is 12.1 Å². The zero-order valence-corrected chi connectivity index (χ0v) is 15.9. The normalized spacial score (nSPS) is 14.9. The van der Waals surface area contributed by atoms with E-state index in [2.05, 4.69) is 19.5 Å². The molecule has 1 aliphatic rings. The zero-order valence-electron chi connectivity index (χ0n) is 15.9. The third-order valence-corrected chi connectivity index (χ3v) is 5.37. The summed E-state index contributed by atoms with van der Waals surface area (Å²) in [5.41, 5.74) is 2.15. The van der Waals surface area contributed by atoms with Gasteiger partial charge in [0.2, 0.25) is 5.91 Å². The minimum atomic E-state index is 0.235. The van der Waals surface area contributed by atoms with Crippen LogP contribution in [-0.2, 0) is 17.8 Å². The summed E-state index contributed by atoms with van der Waals surface area (Å²) in [4.78, 5) is 27.7. The van der Waals surface area contributed by atoms with Crippen molar-refractivity contribution in [2.45, 2.75) is 38.1 Å². The molecule has 0 aliphatic carbocycles. The molecule has 0 unspecified atom stereocenters. The number of carbonyl (C=O) groups is 1. The van der Waals surface area contributed by atoms with Crippen molar-refractivity contribution >= 4 is 5.91 Å². The summed E-state index contributed by atoms with van der Waals surface area (Å²) in [5.74, 6) is 1.73. The van der Waals surface area contributed by atoms with Crippen LogP contribution in [-0.4, -0.2) is 43.4 Å². The Morgan fingerprint density at radius 1 is 1.04 bits per heavy atom. The highest BCUT2D eigenvalue weighted by atomic mass is 16.2. The van der Waals surface area contributed by atoms with E-state index in [1.165, 1.54) is 0 Å². The topological polar surface area (TPSA) is 63.9 Å². The van der Waals surface area contributed by atoms with Crippen LogP contribution in [0, 0.1) is 0 Å². The van der Waals surface area contributed by atoms with Gasteiger partial charge in [0, 0.05) is 56.4 Å². The monoisotopic (exact) mass is 375 g/mol. The van der Waals surface area contributed by atoms with E-state index in [0.717, 1.165) is 56.0 Å². The smallest absolute Gasteiger partial charge is 0.222 e. The predicted molar refractivity (Wildman–Crippen MR) is 107 cm³/mol. The molecular weight excluding hydrogens is 350 g/mol. The van der Waals surface area contributed by atoms with Crippen LogP contribution in [0.4, 0.5) is 0 Å². The van der Waals surface area contributed by atoms with Gasteiger partial charge >= 0.3 is 0 Å². The molecular formula is C22H25N5O. The van der Waals surface area contributed by atoms with Crippen molar-refractivity contribution in [3.05, 3.63) is 78.4 Å². The fourth-order valence-corrected chi connectivity index (χ4v) is 3.82. The van der Waals surface area contributed by atoms with Gasteiger partial charge in [0.1, 0.15) is 5.82 Å². The van der Waals surface area contributed by atoms with Gasteiger partial charge in [-0.05, 0) is 43.0 Å². The van der Waals surface area contributed by atoms with E-state index in [0.29, 0.717) is 12.3 Å². The minimum Gasteiger partial charge on any atom is -0.343 e. The van der Waals surface area contributed by atoms with Crippen molar-refractivity contribution < 1.29 is 4.79 Å². The standard InChI is InChI=1S/C22H25N5O/c28-21(7-6-18-4-3-10-23-16-18)26-13-8-19(9-14-26)22-25-12-15-27(22)17-20-5-1-2-11-24-20/h1-5,10-12,15-16,19H,6-9,13-14,17H2. The van der Waals surface area contributed by atoms with E-state index in [4.69, 9.17) is 0 Å². The number of aromatic nitrogens is 4. The molecule has 3 aromatic rings. The Bertz CT molecular complexity index is 886. The molecule has 0 atom stereocenters. The lowest BCUT2D eigenvalue weighted by molar-refractivity contribution is -0.132. The Morgan fingerprint density at radius 2 is 1.93 bits per heavy atom. The van der Waals surface area contributed by atoms with Gasteiger partial charge in [0.25, 0.3) is 0 Å². The minimum absolute atomic E-state index is 0.235. The first-order chi connectivity index (χ1) is 13.8. The largest absolute Gasteiger partial charge is 0.343 e. The summed E-state index contributed by atoms with van der Waals surface area (Å²) in [6.45, 7) is 2.33. The summed E-state index contributed by atoms with van der Waals surface area (Å²) in [7, 11) is 0. The molecule has 1 saturated heterocycles. The van der Waals surface area contributed by atoms with Crippen molar-refractivity contribution in [1.29, 1.82) is 0 Å². The van der Waals surface area contributed by atoms with Crippen LogP contribution in [0.15, 0.2) is 61.3 Å². The molecule has 4 rings (SSSR count). The van der Waals surface area contributed by atoms with E-state index in [1.54, 1.807) is 6.20 Å². The van der Waals surface area contributed by atoms with Gasteiger partial charge in [-0.15, -0.1) is 0 Å². The number of carbonyl (C=O) groups excluding carboxylic acids is 1. The average molecular weight is 375 g/mol. The van der Waals surface area contributed by atoms with Crippen LogP contribution in [0.5, 0.6) is 0 Å². The van der Waals surface area contributed by atoms with Crippen molar-refractivity contribution in [2.75, 3.05) is 13.1 Å². The Hall–Kier alpha value is -3.02. The third kappa shape index (κ3) is 4.44. The van der Waals surface area contributed by atoms with Gasteiger partial charge < -0.3 is 9.47 Å². The number of imidazole rings is 1. The molecule has 0 saturated carbocycles. The number of pyridine rings is 2. The van der Waals surface area contributed by atoms with Gasteiger partial charge in [-0.2, -0.15) is 0 Å². The fourth-order valence-electron chi connectivity index (χ4n) is 3.82. The lowest BCUT2D eigenvalue weighted by Gasteiger charge is -2.32. The van der Waals surface area contributed by atoms with Crippen LogP contribution < -0.4 is 0 Å². The number of nitrogens with zero attached hydrogens (tertiary/aromatic N) is 5. The number of hydrogen-bond acceptors (Lipinski definition) is 4. The zero-order chi connectivity index (χ0) is 19.2. The highest BCUT2D eigenvalue weighted by molar-refractivity contribution is 5.76. The van der Waals surface area contributed by atoms with Gasteiger partial charge in [-0.25, -0.2) is 4.98 Å². The van der Waals surface area contributed by atoms with Crippen molar-refractivity contribution in [3.63, 3.8) is 0 Å². The average Bonchev–Trinajstić information content (AvgIpc) is 3.21. The highest BCUT2D eigenvalue weighted by Gasteiger charge is 2.26. The van der Waals surface area contributed by atoms with Crippen LogP contribution >= 0.6 is 0 Å². The maximum absolute atomic E-state index is 12.5. The molecule has 4 heterocycles. The Labute approximate surface area is 165 Å². The second kappa shape index (κ2) is 8.78. The molecule has 0 spiro atoms. The number of rotatable bonds is 6. The molecule has 1 fully saturated rings. The summed E-state index contributed by atoms with van der Waals surface area (Å²) >= 11 is 0. The molecule has 6 nitrogen and oxygen atoms in total. The maximum atomic E-state index is 12.5. The summed E-state index contributed by atoms with van der Waals surface area (Å²) < 4.78 is 2.19.